The van der Waals surface area contributed by atoms with Crippen molar-refractivity contribution in [2.24, 2.45) is 0 Å². The number of hydrogen-bond donors (Lipinski definition) is 0. The smallest absolute Gasteiger partial charge is 0.356 e. The standard InChI is InChI=1S/C32H46N4O8/c1-39-31(37)27-9-5-7-25(33-27)23-35-13-17-41-21-22-42-18-14-36(24-26-8-6-10-28(34-26)32(38)40-2)16-20-44-30-12-4-3-11-29(30)43-19-15-35/h5-10,29-30H,3-4,11-24H2,1-2H3/t29-,30-/m1/s1. The van der Waals surface area contributed by atoms with Crippen molar-refractivity contribution in [1.82, 2.24) is 19.8 Å². The highest BCUT2D eigenvalue weighted by molar-refractivity contribution is 5.87. The number of hydrogen-bond acceptors (Lipinski definition) is 12. The molecule has 0 amide bonds. The minimum Gasteiger partial charge on any atom is -0.464 e. The summed E-state index contributed by atoms with van der Waals surface area (Å²) in [5.41, 5.74) is 2.16. The highest BCUT2D eigenvalue weighted by Crippen LogP contribution is 2.24. The van der Waals surface area contributed by atoms with Gasteiger partial charge in [0.2, 0.25) is 0 Å². The number of ether oxygens (including phenoxy) is 6. The molecular weight excluding hydrogens is 568 g/mol. The van der Waals surface area contributed by atoms with Crippen LogP contribution in [0, 0.1) is 0 Å². The summed E-state index contributed by atoms with van der Waals surface area (Å²) in [5, 5.41) is 0. The minimum absolute atomic E-state index is 0.0386. The first-order valence-electron chi connectivity index (χ1n) is 15.5. The molecule has 2 fully saturated rings. The monoisotopic (exact) mass is 614 g/mol. The Labute approximate surface area is 259 Å². The third-order valence-electron chi connectivity index (χ3n) is 7.77. The van der Waals surface area contributed by atoms with E-state index in [-0.39, 0.29) is 12.2 Å². The van der Waals surface area contributed by atoms with Gasteiger partial charge in [-0.2, -0.15) is 0 Å². The Bertz CT molecular complexity index is 1080. The first kappa shape index (κ1) is 33.9. The lowest BCUT2D eigenvalue weighted by Crippen LogP contribution is -2.39. The first-order chi connectivity index (χ1) is 21.6. The van der Waals surface area contributed by atoms with E-state index < -0.39 is 11.9 Å². The Morgan fingerprint density at radius 1 is 0.682 bits per heavy atom. The third kappa shape index (κ3) is 11.2. The van der Waals surface area contributed by atoms with Crippen molar-refractivity contribution in [3.8, 4) is 0 Å². The van der Waals surface area contributed by atoms with Crippen LogP contribution >= 0.6 is 0 Å². The zero-order valence-corrected chi connectivity index (χ0v) is 26.0. The summed E-state index contributed by atoms with van der Waals surface area (Å²) in [6, 6.07) is 10.8. The molecule has 4 rings (SSSR count). The minimum atomic E-state index is -0.450. The Kier molecular flexibility index (Phi) is 14.4. The number of carbonyl (C=O) groups is 2. The molecule has 12 heteroatoms. The lowest BCUT2D eigenvalue weighted by atomic mass is 9.94. The van der Waals surface area contributed by atoms with Gasteiger partial charge in [-0.1, -0.05) is 25.0 Å². The second-order valence-corrected chi connectivity index (χ2v) is 10.9. The number of rotatable bonds is 6. The van der Waals surface area contributed by atoms with Crippen molar-refractivity contribution in [3.05, 3.63) is 59.2 Å². The van der Waals surface area contributed by atoms with Gasteiger partial charge in [0.25, 0.3) is 0 Å². The number of methoxy groups -OCH3 is 2. The number of esters is 2. The molecule has 2 aromatic heterocycles. The van der Waals surface area contributed by atoms with Crippen LogP contribution in [-0.2, 0) is 41.5 Å². The van der Waals surface area contributed by atoms with E-state index in [2.05, 4.69) is 19.8 Å². The molecule has 0 bridgehead atoms. The molecule has 1 aliphatic carbocycles. The van der Waals surface area contributed by atoms with Crippen molar-refractivity contribution in [2.75, 3.05) is 80.0 Å². The second-order valence-electron chi connectivity index (χ2n) is 10.9. The van der Waals surface area contributed by atoms with E-state index in [1.807, 2.05) is 24.3 Å². The molecule has 1 saturated heterocycles. The molecule has 1 aliphatic heterocycles. The Balaban J connectivity index is 1.36. The van der Waals surface area contributed by atoms with E-state index in [9.17, 15) is 9.59 Å². The van der Waals surface area contributed by atoms with E-state index in [0.29, 0.717) is 90.3 Å². The van der Waals surface area contributed by atoms with Gasteiger partial charge in [-0.25, -0.2) is 19.6 Å². The predicted molar refractivity (Wildman–Crippen MR) is 161 cm³/mol. The van der Waals surface area contributed by atoms with Crippen LogP contribution in [0.4, 0.5) is 0 Å². The van der Waals surface area contributed by atoms with Gasteiger partial charge < -0.3 is 28.4 Å². The van der Waals surface area contributed by atoms with Crippen LogP contribution in [0.15, 0.2) is 36.4 Å². The van der Waals surface area contributed by atoms with Crippen LogP contribution < -0.4 is 0 Å². The highest BCUT2D eigenvalue weighted by atomic mass is 16.5. The molecule has 2 atom stereocenters. The van der Waals surface area contributed by atoms with Crippen molar-refractivity contribution in [1.29, 1.82) is 0 Å². The highest BCUT2D eigenvalue weighted by Gasteiger charge is 2.27. The average Bonchev–Trinajstić information content (AvgIpc) is 3.05. The summed E-state index contributed by atoms with van der Waals surface area (Å²) in [7, 11) is 2.71. The maximum absolute atomic E-state index is 12.0. The van der Waals surface area contributed by atoms with Gasteiger partial charge in [-0.15, -0.1) is 0 Å². The zero-order chi connectivity index (χ0) is 31.0. The Morgan fingerprint density at radius 2 is 1.11 bits per heavy atom. The van der Waals surface area contributed by atoms with Crippen LogP contribution in [-0.4, -0.2) is 124 Å². The van der Waals surface area contributed by atoms with E-state index >= 15 is 0 Å². The van der Waals surface area contributed by atoms with E-state index in [1.54, 1.807) is 12.1 Å². The van der Waals surface area contributed by atoms with Gasteiger partial charge in [0.15, 0.2) is 0 Å². The van der Waals surface area contributed by atoms with Crippen LogP contribution in [0.2, 0.25) is 0 Å². The quantitative estimate of drug-likeness (QED) is 0.445. The molecule has 0 N–H and O–H groups in total. The third-order valence-corrected chi connectivity index (χ3v) is 7.77. The van der Waals surface area contributed by atoms with Crippen molar-refractivity contribution < 1.29 is 38.0 Å². The summed E-state index contributed by atoms with van der Waals surface area (Å²) < 4.78 is 34.3. The van der Waals surface area contributed by atoms with Crippen LogP contribution in [0.5, 0.6) is 0 Å². The fraction of sp³-hybridized carbons (Fsp3) is 0.625. The van der Waals surface area contributed by atoms with Crippen LogP contribution in [0.1, 0.15) is 58.0 Å². The van der Waals surface area contributed by atoms with E-state index in [0.717, 1.165) is 37.1 Å². The fourth-order valence-electron chi connectivity index (χ4n) is 5.39. The van der Waals surface area contributed by atoms with Gasteiger partial charge in [-0.3, -0.25) is 9.80 Å². The maximum atomic E-state index is 12.0. The van der Waals surface area contributed by atoms with Gasteiger partial charge in [-0.05, 0) is 37.1 Å². The number of nitrogens with zero attached hydrogens (tertiary/aromatic N) is 4. The zero-order valence-electron chi connectivity index (χ0n) is 26.0. The molecule has 0 spiro atoms. The van der Waals surface area contributed by atoms with Crippen molar-refractivity contribution in [2.45, 2.75) is 51.0 Å². The van der Waals surface area contributed by atoms with Crippen LogP contribution in [0.25, 0.3) is 0 Å². The topological polar surface area (TPSA) is 122 Å². The molecule has 12 nitrogen and oxygen atoms in total. The number of carbonyl (C=O) groups excluding carboxylic acids is 2. The molecule has 1 saturated carbocycles. The molecule has 0 aromatic carbocycles. The summed E-state index contributed by atoms with van der Waals surface area (Å²) >= 11 is 0. The van der Waals surface area contributed by atoms with Gasteiger partial charge in [0.1, 0.15) is 11.4 Å². The normalized spacial score (nSPS) is 22.2. The predicted octanol–water partition coefficient (Wildman–Crippen LogP) is 2.75. The molecule has 242 valence electrons. The van der Waals surface area contributed by atoms with Crippen molar-refractivity contribution >= 4 is 11.9 Å². The van der Waals surface area contributed by atoms with E-state index in [4.69, 9.17) is 28.4 Å². The Morgan fingerprint density at radius 3 is 1.55 bits per heavy atom. The lowest BCUT2D eigenvalue weighted by molar-refractivity contribution is -0.0993. The first-order valence-corrected chi connectivity index (χ1v) is 15.5. The molecule has 44 heavy (non-hydrogen) atoms. The number of fused-ring (bicyclic) bond motifs is 1. The number of aromatic nitrogens is 2. The fourth-order valence-corrected chi connectivity index (χ4v) is 5.39. The molecule has 0 radical (unpaired) electrons. The summed E-state index contributed by atoms with van der Waals surface area (Å²) in [5.74, 6) is -0.900. The SMILES string of the molecule is COC(=O)c1cccc(CN2CCOCCOCCN(Cc3cccc(C(=O)OC)n3)CCO[C@@H]3CCCC[C@H]3OCC2)n1. The summed E-state index contributed by atoms with van der Waals surface area (Å²) in [6.07, 6.45) is 4.26. The van der Waals surface area contributed by atoms with Gasteiger partial charge in [0.05, 0.1) is 77.5 Å². The second kappa shape index (κ2) is 18.7. The maximum Gasteiger partial charge on any atom is 0.356 e. The average molecular weight is 615 g/mol. The van der Waals surface area contributed by atoms with Gasteiger partial charge in [0, 0.05) is 39.3 Å². The largest absolute Gasteiger partial charge is 0.464 e. The lowest BCUT2D eigenvalue weighted by Gasteiger charge is -2.33. The molecule has 0 unspecified atom stereocenters. The summed E-state index contributed by atoms with van der Waals surface area (Å²) in [4.78, 5) is 37.4. The molecular formula is C32H46N4O8. The molecule has 2 aromatic rings. The molecule has 3 heterocycles. The molecule has 2 aliphatic rings. The Hall–Kier alpha value is -3.00. The van der Waals surface area contributed by atoms with Gasteiger partial charge >= 0.3 is 11.9 Å². The van der Waals surface area contributed by atoms with Crippen molar-refractivity contribution in [3.63, 3.8) is 0 Å². The summed E-state index contributed by atoms with van der Waals surface area (Å²) in [6.45, 7) is 7.01. The van der Waals surface area contributed by atoms with Crippen LogP contribution in [0.3, 0.4) is 0 Å². The number of pyridine rings is 2. The van der Waals surface area contributed by atoms with E-state index in [1.165, 1.54) is 14.2 Å².